The van der Waals surface area contributed by atoms with Crippen molar-refractivity contribution in [3.05, 3.63) is 28.8 Å². The molecule has 1 aromatic rings. The molecular weight excluding hydrogens is 252 g/mol. The molecule has 0 fully saturated rings. The van der Waals surface area contributed by atoms with Gasteiger partial charge < -0.3 is 15.0 Å². The number of ether oxygens (including phenoxy) is 1. The Morgan fingerprint density at radius 2 is 1.85 bits per heavy atom. The van der Waals surface area contributed by atoms with Gasteiger partial charge in [-0.3, -0.25) is 4.79 Å². The Hall–Kier alpha value is -1.55. The van der Waals surface area contributed by atoms with E-state index >= 15 is 0 Å². The summed E-state index contributed by atoms with van der Waals surface area (Å²) in [6.45, 7) is 9.71. The fourth-order valence-corrected chi connectivity index (χ4v) is 2.19. The number of rotatable bonds is 6. The van der Waals surface area contributed by atoms with E-state index in [1.807, 2.05) is 13.8 Å². The third-order valence-electron chi connectivity index (χ3n) is 3.18. The zero-order valence-corrected chi connectivity index (χ0v) is 13.4. The van der Waals surface area contributed by atoms with Crippen LogP contribution < -0.4 is 10.1 Å². The van der Waals surface area contributed by atoms with Crippen molar-refractivity contribution in [2.45, 2.75) is 40.3 Å². The minimum absolute atomic E-state index is 0.0273. The van der Waals surface area contributed by atoms with Crippen LogP contribution >= 0.6 is 0 Å². The van der Waals surface area contributed by atoms with Crippen LogP contribution in [0.3, 0.4) is 0 Å². The molecule has 0 radical (unpaired) electrons. The van der Waals surface area contributed by atoms with Crippen LogP contribution in [0.25, 0.3) is 0 Å². The third kappa shape index (κ3) is 4.23. The Morgan fingerprint density at radius 3 is 2.30 bits per heavy atom. The highest BCUT2D eigenvalue weighted by atomic mass is 16.5. The number of benzene rings is 1. The first kappa shape index (κ1) is 16.5. The van der Waals surface area contributed by atoms with E-state index in [-0.39, 0.29) is 5.91 Å². The van der Waals surface area contributed by atoms with E-state index in [4.69, 9.17) is 4.74 Å². The first-order chi connectivity index (χ1) is 9.36. The molecule has 20 heavy (non-hydrogen) atoms. The van der Waals surface area contributed by atoms with Crippen molar-refractivity contribution in [2.24, 2.45) is 0 Å². The van der Waals surface area contributed by atoms with Crippen LogP contribution in [0.1, 0.15) is 30.5 Å². The molecule has 0 aliphatic heterocycles. The normalized spacial score (nSPS) is 12.1. The molecule has 1 unspecified atom stereocenters. The highest BCUT2D eigenvalue weighted by Gasteiger charge is 2.18. The number of aryl methyl sites for hydroxylation is 2. The summed E-state index contributed by atoms with van der Waals surface area (Å²) < 4.78 is 5.85. The van der Waals surface area contributed by atoms with E-state index in [0.717, 1.165) is 30.0 Å². The Morgan fingerprint density at radius 1 is 1.30 bits per heavy atom. The van der Waals surface area contributed by atoms with Gasteiger partial charge in [0.15, 0.2) is 6.10 Å². The van der Waals surface area contributed by atoms with Crippen LogP contribution in [0.5, 0.6) is 5.75 Å². The van der Waals surface area contributed by atoms with Crippen LogP contribution in [0, 0.1) is 13.8 Å². The molecule has 0 aliphatic carbocycles. The van der Waals surface area contributed by atoms with Gasteiger partial charge in [0.25, 0.3) is 5.91 Å². The quantitative estimate of drug-likeness (QED) is 0.868. The zero-order chi connectivity index (χ0) is 15.3. The number of hydrogen-bond acceptors (Lipinski definition) is 3. The second-order valence-corrected chi connectivity index (χ2v) is 5.33. The Bertz CT molecular complexity index is 447. The molecule has 1 aromatic carbocycles. The minimum atomic E-state index is -0.470. The van der Waals surface area contributed by atoms with Crippen molar-refractivity contribution in [3.8, 4) is 5.75 Å². The van der Waals surface area contributed by atoms with E-state index < -0.39 is 6.10 Å². The molecule has 0 saturated carbocycles. The standard InChI is InChI=1S/C16H26N2O2/c1-7-17-10-14-8-11(2)15(12(3)9-14)20-13(4)16(19)18(5)6/h8-9,13,17H,7,10H2,1-6H3. The molecule has 4 nitrogen and oxygen atoms in total. The fraction of sp³-hybridized carbons (Fsp3) is 0.562. The Labute approximate surface area is 122 Å². The van der Waals surface area contributed by atoms with Gasteiger partial charge in [-0.05, 0) is 44.0 Å². The maximum absolute atomic E-state index is 11.9. The second-order valence-electron chi connectivity index (χ2n) is 5.33. The van der Waals surface area contributed by atoms with Crippen LogP contribution in [0.4, 0.5) is 0 Å². The lowest BCUT2D eigenvalue weighted by atomic mass is 10.1. The molecule has 0 bridgehead atoms. The average molecular weight is 278 g/mol. The lowest BCUT2D eigenvalue weighted by molar-refractivity contribution is -0.135. The first-order valence-electron chi connectivity index (χ1n) is 7.05. The van der Waals surface area contributed by atoms with Crippen molar-refractivity contribution in [1.29, 1.82) is 0 Å². The first-order valence-corrected chi connectivity index (χ1v) is 7.05. The predicted octanol–water partition coefficient (Wildman–Crippen LogP) is 2.27. The van der Waals surface area contributed by atoms with Crippen molar-refractivity contribution in [1.82, 2.24) is 10.2 Å². The van der Waals surface area contributed by atoms with E-state index in [1.54, 1.807) is 25.9 Å². The highest BCUT2D eigenvalue weighted by Crippen LogP contribution is 2.26. The van der Waals surface area contributed by atoms with Gasteiger partial charge in [-0.1, -0.05) is 19.1 Å². The van der Waals surface area contributed by atoms with Gasteiger partial charge in [-0.2, -0.15) is 0 Å². The van der Waals surface area contributed by atoms with E-state index in [2.05, 4.69) is 24.4 Å². The molecule has 4 heteroatoms. The number of nitrogens with one attached hydrogen (secondary N) is 1. The number of hydrogen-bond donors (Lipinski definition) is 1. The Kier molecular flexibility index (Phi) is 6.02. The number of likely N-dealkylation sites (N-methyl/N-ethyl adjacent to an activating group) is 1. The largest absolute Gasteiger partial charge is 0.480 e. The summed E-state index contributed by atoms with van der Waals surface area (Å²) >= 11 is 0. The topological polar surface area (TPSA) is 41.6 Å². The summed E-state index contributed by atoms with van der Waals surface area (Å²) in [4.78, 5) is 13.4. The SMILES string of the molecule is CCNCc1cc(C)c(OC(C)C(=O)N(C)C)c(C)c1. The van der Waals surface area contributed by atoms with Gasteiger partial charge in [0.1, 0.15) is 5.75 Å². The van der Waals surface area contributed by atoms with Crippen LogP contribution in [-0.4, -0.2) is 37.6 Å². The van der Waals surface area contributed by atoms with E-state index in [0.29, 0.717) is 0 Å². The molecular formula is C16H26N2O2. The lowest BCUT2D eigenvalue weighted by Crippen LogP contribution is -2.35. The summed E-state index contributed by atoms with van der Waals surface area (Å²) in [6.07, 6.45) is -0.470. The molecule has 1 rings (SSSR count). The summed E-state index contributed by atoms with van der Waals surface area (Å²) in [5, 5.41) is 3.31. The summed E-state index contributed by atoms with van der Waals surface area (Å²) in [5.41, 5.74) is 3.37. The molecule has 1 atom stereocenters. The lowest BCUT2D eigenvalue weighted by Gasteiger charge is -2.21. The summed E-state index contributed by atoms with van der Waals surface area (Å²) in [7, 11) is 3.48. The maximum atomic E-state index is 11.9. The molecule has 0 heterocycles. The van der Waals surface area contributed by atoms with Gasteiger partial charge in [0.05, 0.1) is 0 Å². The van der Waals surface area contributed by atoms with Crippen molar-refractivity contribution in [3.63, 3.8) is 0 Å². The summed E-state index contributed by atoms with van der Waals surface area (Å²) in [5.74, 6) is 0.786. The minimum Gasteiger partial charge on any atom is -0.480 e. The van der Waals surface area contributed by atoms with E-state index in [9.17, 15) is 4.79 Å². The molecule has 0 aliphatic rings. The zero-order valence-electron chi connectivity index (χ0n) is 13.4. The molecule has 0 saturated heterocycles. The fourth-order valence-electron chi connectivity index (χ4n) is 2.19. The molecule has 0 spiro atoms. The number of carbonyl (C=O) groups excluding carboxylic acids is 1. The van der Waals surface area contributed by atoms with Gasteiger partial charge in [0, 0.05) is 20.6 Å². The molecule has 1 N–H and O–H groups in total. The van der Waals surface area contributed by atoms with Crippen molar-refractivity contribution in [2.75, 3.05) is 20.6 Å². The monoisotopic (exact) mass is 278 g/mol. The van der Waals surface area contributed by atoms with Crippen LogP contribution in [0.15, 0.2) is 12.1 Å². The molecule has 1 amide bonds. The number of nitrogens with zero attached hydrogens (tertiary/aromatic N) is 1. The number of carbonyl (C=O) groups is 1. The van der Waals surface area contributed by atoms with Crippen LogP contribution in [-0.2, 0) is 11.3 Å². The summed E-state index contributed by atoms with van der Waals surface area (Å²) in [6, 6.07) is 4.22. The van der Waals surface area contributed by atoms with E-state index in [1.165, 1.54) is 5.56 Å². The van der Waals surface area contributed by atoms with Crippen molar-refractivity contribution >= 4 is 5.91 Å². The highest BCUT2D eigenvalue weighted by molar-refractivity contribution is 5.80. The van der Waals surface area contributed by atoms with Gasteiger partial charge in [0.2, 0.25) is 0 Å². The maximum Gasteiger partial charge on any atom is 0.262 e. The average Bonchev–Trinajstić information content (AvgIpc) is 2.39. The molecule has 112 valence electrons. The van der Waals surface area contributed by atoms with Gasteiger partial charge >= 0.3 is 0 Å². The third-order valence-corrected chi connectivity index (χ3v) is 3.18. The smallest absolute Gasteiger partial charge is 0.262 e. The second kappa shape index (κ2) is 7.29. The van der Waals surface area contributed by atoms with Crippen molar-refractivity contribution < 1.29 is 9.53 Å². The predicted molar refractivity (Wildman–Crippen MR) is 82.1 cm³/mol. The Balaban J connectivity index is 2.88. The van der Waals surface area contributed by atoms with Gasteiger partial charge in [-0.15, -0.1) is 0 Å². The van der Waals surface area contributed by atoms with Crippen LogP contribution in [0.2, 0.25) is 0 Å². The number of amides is 1. The van der Waals surface area contributed by atoms with Gasteiger partial charge in [-0.25, -0.2) is 0 Å². The molecule has 0 aromatic heterocycles.